The number of fused-ring (bicyclic) bond motifs is 1. The molecule has 0 aliphatic rings. The van der Waals surface area contributed by atoms with E-state index in [9.17, 15) is 4.79 Å². The van der Waals surface area contributed by atoms with Gasteiger partial charge in [0, 0.05) is 47.6 Å². The molecule has 0 unspecified atom stereocenters. The number of allylic oxidation sites excluding steroid dienone is 1. The van der Waals surface area contributed by atoms with E-state index in [1.54, 1.807) is 39.0 Å². The van der Waals surface area contributed by atoms with Crippen molar-refractivity contribution in [2.75, 3.05) is 20.8 Å². The summed E-state index contributed by atoms with van der Waals surface area (Å²) in [6.07, 6.45) is 6.70. The third-order valence-electron chi connectivity index (χ3n) is 5.66. The Bertz CT molecular complexity index is 1360. The van der Waals surface area contributed by atoms with E-state index in [4.69, 9.17) is 18.6 Å². The summed E-state index contributed by atoms with van der Waals surface area (Å²) in [6, 6.07) is 13.3. The van der Waals surface area contributed by atoms with Crippen molar-refractivity contribution in [1.29, 1.82) is 0 Å². The summed E-state index contributed by atoms with van der Waals surface area (Å²) >= 11 is 0. The first-order chi connectivity index (χ1) is 17.0. The summed E-state index contributed by atoms with van der Waals surface area (Å²) in [7, 11) is 3.21. The van der Waals surface area contributed by atoms with Crippen molar-refractivity contribution in [3.8, 4) is 28.4 Å². The van der Waals surface area contributed by atoms with Gasteiger partial charge < -0.3 is 23.9 Å². The van der Waals surface area contributed by atoms with E-state index >= 15 is 0 Å². The summed E-state index contributed by atoms with van der Waals surface area (Å²) in [6.45, 7) is 4.73. The molecule has 180 valence electrons. The lowest BCUT2D eigenvalue weighted by molar-refractivity contribution is -0.116. The average Bonchev–Trinajstić information content (AvgIpc) is 3.30. The number of carbonyl (C=O) groups is 1. The molecule has 7 heteroatoms. The molecule has 1 N–H and O–H groups in total. The normalized spacial score (nSPS) is 11.4. The van der Waals surface area contributed by atoms with Gasteiger partial charge in [-0.25, -0.2) is 0 Å². The van der Waals surface area contributed by atoms with Crippen LogP contribution in [0.1, 0.15) is 25.0 Å². The van der Waals surface area contributed by atoms with Crippen LogP contribution in [0.25, 0.3) is 27.7 Å². The molecule has 2 heterocycles. The molecule has 0 fully saturated rings. The molecule has 7 nitrogen and oxygen atoms in total. The maximum atomic E-state index is 12.6. The number of aromatic nitrogens is 1. The van der Waals surface area contributed by atoms with Crippen LogP contribution in [0, 0.1) is 0 Å². The molecule has 0 aliphatic heterocycles. The summed E-state index contributed by atoms with van der Waals surface area (Å²) in [5, 5.41) is 3.82. The summed E-state index contributed by atoms with van der Waals surface area (Å²) in [5.74, 6) is 1.76. The van der Waals surface area contributed by atoms with Crippen LogP contribution in [0.5, 0.6) is 17.2 Å². The van der Waals surface area contributed by atoms with Gasteiger partial charge in [0.15, 0.2) is 11.5 Å². The number of amides is 1. The fraction of sp³-hybridized carbons (Fsp3) is 0.214. The number of nitrogens with zero attached hydrogens (tertiary/aromatic N) is 1. The zero-order chi connectivity index (χ0) is 24.8. The first-order valence-corrected chi connectivity index (χ1v) is 11.3. The Morgan fingerprint density at radius 2 is 1.80 bits per heavy atom. The van der Waals surface area contributed by atoms with Gasteiger partial charge >= 0.3 is 0 Å². The van der Waals surface area contributed by atoms with Crippen molar-refractivity contribution in [1.82, 2.24) is 10.3 Å². The number of carbonyl (C=O) groups excluding carboxylic acids is 1. The Labute approximate surface area is 204 Å². The van der Waals surface area contributed by atoms with Crippen molar-refractivity contribution >= 4 is 22.4 Å². The molecule has 0 saturated carbocycles. The van der Waals surface area contributed by atoms with Crippen LogP contribution < -0.4 is 19.5 Å². The minimum atomic E-state index is -0.186. The molecule has 0 aliphatic carbocycles. The quantitative estimate of drug-likeness (QED) is 0.318. The predicted molar refractivity (Wildman–Crippen MR) is 136 cm³/mol. The number of rotatable bonds is 9. The molecule has 0 atom stereocenters. The summed E-state index contributed by atoms with van der Waals surface area (Å²) in [5.41, 5.74) is 5.10. The highest BCUT2D eigenvalue weighted by Gasteiger charge is 2.16. The molecule has 2 aromatic carbocycles. The van der Waals surface area contributed by atoms with E-state index in [-0.39, 0.29) is 5.91 Å². The molecular weight excluding hydrogens is 444 g/mol. The molecule has 0 bridgehead atoms. The SMILES string of the molecule is CCOc1cc2occ(-c3ccc(OC)c(OC)c3)c2cc1/C(C)=C/C(=O)NCc1ccncc1. The van der Waals surface area contributed by atoms with Crippen LogP contribution >= 0.6 is 0 Å². The topological polar surface area (TPSA) is 82.8 Å². The van der Waals surface area contributed by atoms with Gasteiger partial charge in [0.05, 0.1) is 27.1 Å². The second kappa shape index (κ2) is 10.8. The Morgan fingerprint density at radius 3 is 2.51 bits per heavy atom. The summed E-state index contributed by atoms with van der Waals surface area (Å²) in [4.78, 5) is 16.6. The van der Waals surface area contributed by atoms with Crippen LogP contribution in [0.4, 0.5) is 0 Å². The van der Waals surface area contributed by atoms with Gasteiger partial charge in [0.1, 0.15) is 11.3 Å². The van der Waals surface area contributed by atoms with E-state index in [1.165, 1.54) is 0 Å². The van der Waals surface area contributed by atoms with Crippen LogP contribution in [-0.2, 0) is 11.3 Å². The lowest BCUT2D eigenvalue weighted by Crippen LogP contribution is -2.20. The second-order valence-electron chi connectivity index (χ2n) is 7.90. The van der Waals surface area contributed by atoms with E-state index in [2.05, 4.69) is 10.3 Å². The number of ether oxygens (including phenoxy) is 3. The number of methoxy groups -OCH3 is 2. The number of hydrogen-bond donors (Lipinski definition) is 1. The van der Waals surface area contributed by atoms with Crippen molar-refractivity contribution in [3.05, 3.63) is 78.3 Å². The van der Waals surface area contributed by atoms with E-state index < -0.39 is 0 Å². The Balaban J connectivity index is 1.69. The highest BCUT2D eigenvalue weighted by Crippen LogP contribution is 2.40. The fourth-order valence-electron chi connectivity index (χ4n) is 3.88. The number of furan rings is 1. The number of pyridine rings is 1. The molecule has 4 rings (SSSR count). The van der Waals surface area contributed by atoms with Gasteiger partial charge in [-0.3, -0.25) is 9.78 Å². The van der Waals surface area contributed by atoms with Gasteiger partial charge in [0.25, 0.3) is 0 Å². The van der Waals surface area contributed by atoms with Gasteiger partial charge in [-0.1, -0.05) is 6.07 Å². The largest absolute Gasteiger partial charge is 0.493 e. The van der Waals surface area contributed by atoms with Crippen molar-refractivity contribution in [2.45, 2.75) is 20.4 Å². The lowest BCUT2D eigenvalue weighted by atomic mass is 9.99. The van der Waals surface area contributed by atoms with E-state index in [1.807, 2.05) is 56.3 Å². The van der Waals surface area contributed by atoms with Gasteiger partial charge in [-0.05, 0) is 60.9 Å². The first kappa shape index (κ1) is 23.9. The Kier molecular flexibility index (Phi) is 7.35. The standard InChI is InChI=1S/C28H28N2O5/c1-5-34-25-15-26-22(23(17-35-26)20-6-7-24(32-3)27(13-20)33-4)14-21(25)18(2)12-28(31)30-16-19-8-10-29-11-9-19/h6-15,17H,5,16H2,1-4H3,(H,30,31)/b18-12+. The molecular formula is C28H28N2O5. The van der Waals surface area contributed by atoms with Crippen LogP contribution in [0.2, 0.25) is 0 Å². The number of benzene rings is 2. The Morgan fingerprint density at radius 1 is 1.03 bits per heavy atom. The number of nitrogens with one attached hydrogen (secondary N) is 1. The zero-order valence-corrected chi connectivity index (χ0v) is 20.3. The number of hydrogen-bond acceptors (Lipinski definition) is 6. The Hall–Kier alpha value is -4.26. The molecule has 0 saturated heterocycles. The predicted octanol–water partition coefficient (Wildman–Crippen LogP) is 5.63. The molecule has 0 radical (unpaired) electrons. The van der Waals surface area contributed by atoms with E-state index in [0.717, 1.165) is 33.2 Å². The van der Waals surface area contributed by atoms with Crippen LogP contribution in [-0.4, -0.2) is 31.7 Å². The molecule has 35 heavy (non-hydrogen) atoms. The third kappa shape index (κ3) is 5.30. The highest BCUT2D eigenvalue weighted by atomic mass is 16.5. The molecule has 2 aromatic heterocycles. The highest BCUT2D eigenvalue weighted by molar-refractivity contribution is 6.00. The maximum absolute atomic E-state index is 12.6. The van der Waals surface area contributed by atoms with Crippen LogP contribution in [0.3, 0.4) is 0 Å². The molecule has 1 amide bonds. The van der Waals surface area contributed by atoms with Gasteiger partial charge in [0.2, 0.25) is 5.91 Å². The molecule has 4 aromatic rings. The average molecular weight is 473 g/mol. The minimum Gasteiger partial charge on any atom is -0.493 e. The summed E-state index contributed by atoms with van der Waals surface area (Å²) < 4.78 is 22.6. The van der Waals surface area contributed by atoms with Crippen molar-refractivity contribution in [3.63, 3.8) is 0 Å². The monoisotopic (exact) mass is 472 g/mol. The van der Waals surface area contributed by atoms with Gasteiger partial charge in [-0.2, -0.15) is 0 Å². The van der Waals surface area contributed by atoms with Crippen molar-refractivity contribution in [2.24, 2.45) is 0 Å². The first-order valence-electron chi connectivity index (χ1n) is 11.3. The van der Waals surface area contributed by atoms with E-state index in [0.29, 0.717) is 36.0 Å². The third-order valence-corrected chi connectivity index (χ3v) is 5.66. The smallest absolute Gasteiger partial charge is 0.244 e. The fourth-order valence-corrected chi connectivity index (χ4v) is 3.88. The zero-order valence-electron chi connectivity index (χ0n) is 20.3. The van der Waals surface area contributed by atoms with Crippen molar-refractivity contribution < 1.29 is 23.4 Å². The minimum absolute atomic E-state index is 0.186. The lowest BCUT2D eigenvalue weighted by Gasteiger charge is -2.12. The molecule has 0 spiro atoms. The van der Waals surface area contributed by atoms with Crippen LogP contribution in [0.15, 0.2) is 71.6 Å². The maximum Gasteiger partial charge on any atom is 0.244 e. The second-order valence-corrected chi connectivity index (χ2v) is 7.90. The van der Waals surface area contributed by atoms with Gasteiger partial charge in [-0.15, -0.1) is 0 Å².